The van der Waals surface area contributed by atoms with Gasteiger partial charge in [-0.05, 0) is 77.9 Å². The minimum atomic E-state index is 0.167. The van der Waals surface area contributed by atoms with Crippen LogP contribution in [0, 0.1) is 0 Å². The summed E-state index contributed by atoms with van der Waals surface area (Å²) in [7, 11) is 0. The third kappa shape index (κ3) is 5.26. The summed E-state index contributed by atoms with van der Waals surface area (Å²) >= 11 is 0. The van der Waals surface area contributed by atoms with Crippen molar-refractivity contribution in [2.75, 3.05) is 37.6 Å². The number of nitrogens with zero attached hydrogens (tertiary/aromatic N) is 5. The van der Waals surface area contributed by atoms with Gasteiger partial charge in [0.2, 0.25) is 5.95 Å². The highest BCUT2D eigenvalue weighted by atomic mass is 16.1. The van der Waals surface area contributed by atoms with Crippen molar-refractivity contribution in [3.63, 3.8) is 0 Å². The van der Waals surface area contributed by atoms with Gasteiger partial charge in [0.15, 0.2) is 0 Å². The number of ketones is 1. The lowest BCUT2D eigenvalue weighted by molar-refractivity contribution is -0.114. The first-order chi connectivity index (χ1) is 14.9. The number of hydrogen-bond acceptors (Lipinski definition) is 7. The Morgan fingerprint density at radius 1 is 1.03 bits per heavy atom. The van der Waals surface area contributed by atoms with Crippen LogP contribution in [-0.2, 0) is 4.79 Å². The summed E-state index contributed by atoms with van der Waals surface area (Å²) in [5.41, 5.74) is 1.34. The minimum absolute atomic E-state index is 0.167. The van der Waals surface area contributed by atoms with E-state index < -0.39 is 0 Å². The quantitative estimate of drug-likeness (QED) is 0.791. The fraction of sp³-hybridized carbons (Fsp3) is 0.792. The molecule has 1 saturated carbocycles. The number of likely N-dealkylation sites (tertiary alicyclic amines) is 1. The number of carbonyl (C=O) groups excluding carboxylic acids is 1. The van der Waals surface area contributed by atoms with E-state index in [1.807, 2.05) is 0 Å². The third-order valence-electron chi connectivity index (χ3n) is 7.38. The van der Waals surface area contributed by atoms with E-state index in [-0.39, 0.29) is 5.78 Å². The number of hydrogen-bond donors (Lipinski definition) is 1. The average Bonchev–Trinajstić information content (AvgIpc) is 2.96. The zero-order valence-electron chi connectivity index (χ0n) is 19.8. The summed E-state index contributed by atoms with van der Waals surface area (Å²) in [4.78, 5) is 26.8. The second-order valence-corrected chi connectivity index (χ2v) is 10.2. The van der Waals surface area contributed by atoms with Crippen molar-refractivity contribution in [3.8, 4) is 0 Å². The van der Waals surface area contributed by atoms with Crippen molar-refractivity contribution in [1.29, 1.82) is 0 Å². The van der Waals surface area contributed by atoms with Crippen LogP contribution in [0.3, 0.4) is 0 Å². The summed E-state index contributed by atoms with van der Waals surface area (Å²) in [5, 5.41) is 3.66. The lowest BCUT2D eigenvalue weighted by Gasteiger charge is -2.42. The Hall–Kier alpha value is -1.57. The second kappa shape index (κ2) is 9.92. The van der Waals surface area contributed by atoms with Crippen molar-refractivity contribution in [1.82, 2.24) is 25.1 Å². The number of rotatable bonds is 4. The molecule has 2 unspecified atom stereocenters. The molecule has 1 aliphatic carbocycles. The molecule has 172 valence electrons. The van der Waals surface area contributed by atoms with Crippen LogP contribution in [0.4, 0.5) is 5.95 Å². The van der Waals surface area contributed by atoms with Gasteiger partial charge in [0.1, 0.15) is 5.78 Å². The van der Waals surface area contributed by atoms with Crippen LogP contribution in [-0.4, -0.2) is 82.6 Å². The standard InChI is InChI=1S/C21H34N6.C3H6O/c1-15(2)26-13-19-12-22-20(14-26)27(19)21-23-10-17(11-24-21)16-6-8-25(9-7-16)18-4-3-5-18;1-3(2)4/h10-11,15-16,18-20,22H,3-9,12-14H2,1-2H3;1-2H3. The SMILES string of the molecule is CC(C)=O.CC(C)N1CC2CNC(C1)N2c1ncc(C2CCN(C3CCC3)CC2)cn1. The number of aromatic nitrogens is 2. The van der Waals surface area contributed by atoms with Crippen molar-refractivity contribution < 1.29 is 4.79 Å². The van der Waals surface area contributed by atoms with E-state index >= 15 is 0 Å². The first kappa shape index (κ1) is 22.6. The van der Waals surface area contributed by atoms with Crippen molar-refractivity contribution in [2.24, 2.45) is 0 Å². The molecular formula is C24H40N6O. The summed E-state index contributed by atoms with van der Waals surface area (Å²) in [5.74, 6) is 1.72. The summed E-state index contributed by atoms with van der Waals surface area (Å²) in [6, 6.07) is 1.98. The van der Waals surface area contributed by atoms with Gasteiger partial charge in [-0.15, -0.1) is 0 Å². The molecule has 0 amide bonds. The molecule has 7 nitrogen and oxygen atoms in total. The number of fused-ring (bicyclic) bond motifs is 2. The van der Waals surface area contributed by atoms with Crippen LogP contribution < -0.4 is 10.2 Å². The van der Waals surface area contributed by atoms with Gasteiger partial charge in [0.25, 0.3) is 0 Å². The zero-order valence-corrected chi connectivity index (χ0v) is 19.8. The van der Waals surface area contributed by atoms with E-state index in [1.165, 1.54) is 64.6 Å². The Morgan fingerprint density at radius 3 is 2.19 bits per heavy atom. The van der Waals surface area contributed by atoms with E-state index in [2.05, 4.69) is 46.3 Å². The summed E-state index contributed by atoms with van der Waals surface area (Å²) in [6.07, 6.45) is 11.4. The van der Waals surface area contributed by atoms with E-state index in [0.29, 0.717) is 24.2 Å². The zero-order chi connectivity index (χ0) is 22.0. The topological polar surface area (TPSA) is 64.6 Å². The monoisotopic (exact) mass is 428 g/mol. The molecule has 5 rings (SSSR count). The largest absolute Gasteiger partial charge is 0.318 e. The molecule has 3 saturated heterocycles. The van der Waals surface area contributed by atoms with Gasteiger partial charge < -0.3 is 14.6 Å². The number of piperazine rings is 1. The van der Waals surface area contributed by atoms with Crippen molar-refractivity contribution >= 4 is 11.7 Å². The van der Waals surface area contributed by atoms with Crippen molar-refractivity contribution in [3.05, 3.63) is 18.0 Å². The van der Waals surface area contributed by atoms with Crippen LogP contribution in [0.1, 0.15) is 71.3 Å². The molecule has 2 bridgehead atoms. The lowest BCUT2D eigenvalue weighted by atomic mass is 9.86. The molecule has 1 aromatic heterocycles. The van der Waals surface area contributed by atoms with Crippen LogP contribution in [0.5, 0.6) is 0 Å². The Balaban J connectivity index is 0.000000535. The highest BCUT2D eigenvalue weighted by Gasteiger charge is 2.41. The molecule has 0 spiro atoms. The van der Waals surface area contributed by atoms with E-state index in [4.69, 9.17) is 9.97 Å². The maximum Gasteiger partial charge on any atom is 0.226 e. The van der Waals surface area contributed by atoms with Gasteiger partial charge in [-0.1, -0.05) is 6.42 Å². The van der Waals surface area contributed by atoms with Crippen LogP contribution in [0.25, 0.3) is 0 Å². The molecular weight excluding hydrogens is 388 g/mol. The van der Waals surface area contributed by atoms with Gasteiger partial charge in [-0.2, -0.15) is 0 Å². The smallest absolute Gasteiger partial charge is 0.226 e. The number of carbonyl (C=O) groups is 1. The average molecular weight is 429 g/mol. The molecule has 0 aromatic carbocycles. The Kier molecular flexibility index (Phi) is 7.24. The molecule has 7 heteroatoms. The van der Waals surface area contributed by atoms with E-state index in [0.717, 1.165) is 31.6 Å². The predicted molar refractivity (Wildman–Crippen MR) is 124 cm³/mol. The second-order valence-electron chi connectivity index (χ2n) is 10.2. The number of anilines is 1. The van der Waals surface area contributed by atoms with E-state index in [1.54, 1.807) is 0 Å². The first-order valence-corrected chi connectivity index (χ1v) is 12.2. The third-order valence-corrected chi connectivity index (χ3v) is 7.38. The highest BCUT2D eigenvalue weighted by Crippen LogP contribution is 2.33. The molecule has 4 fully saturated rings. The number of piperidine rings is 1. The van der Waals surface area contributed by atoms with Crippen molar-refractivity contribution in [2.45, 2.75) is 90.0 Å². The number of Topliss-reactive ketones (excluding diaryl/α,β-unsaturated/α-hetero) is 1. The lowest BCUT2D eigenvalue weighted by Crippen LogP contribution is -2.57. The molecule has 2 atom stereocenters. The molecule has 3 aliphatic heterocycles. The van der Waals surface area contributed by atoms with Gasteiger partial charge in [-0.3, -0.25) is 10.2 Å². The fourth-order valence-corrected chi connectivity index (χ4v) is 5.35. The maximum atomic E-state index is 9.44. The molecule has 31 heavy (non-hydrogen) atoms. The summed E-state index contributed by atoms with van der Waals surface area (Å²) in [6.45, 7) is 13.3. The molecule has 0 radical (unpaired) electrons. The Bertz CT molecular complexity index is 708. The normalized spacial score (nSPS) is 27.7. The van der Waals surface area contributed by atoms with E-state index in [9.17, 15) is 4.79 Å². The van der Waals surface area contributed by atoms with Gasteiger partial charge in [0.05, 0.1) is 12.2 Å². The number of nitrogens with one attached hydrogen (secondary N) is 1. The minimum Gasteiger partial charge on any atom is -0.318 e. The Labute approximate surface area is 187 Å². The van der Waals surface area contributed by atoms with Gasteiger partial charge in [-0.25, -0.2) is 9.97 Å². The molecule has 4 aliphatic rings. The Morgan fingerprint density at radius 2 is 1.68 bits per heavy atom. The predicted octanol–water partition coefficient (Wildman–Crippen LogP) is 2.63. The van der Waals surface area contributed by atoms with Gasteiger partial charge in [0, 0.05) is 44.1 Å². The van der Waals surface area contributed by atoms with Crippen LogP contribution >= 0.6 is 0 Å². The van der Waals surface area contributed by atoms with Gasteiger partial charge >= 0.3 is 0 Å². The highest BCUT2D eigenvalue weighted by molar-refractivity contribution is 5.72. The summed E-state index contributed by atoms with van der Waals surface area (Å²) < 4.78 is 0. The molecule has 1 aromatic rings. The molecule has 1 N–H and O–H groups in total. The van der Waals surface area contributed by atoms with Crippen LogP contribution in [0.2, 0.25) is 0 Å². The van der Waals surface area contributed by atoms with Crippen LogP contribution in [0.15, 0.2) is 12.4 Å². The molecule has 4 heterocycles. The maximum absolute atomic E-state index is 9.44. The fourth-order valence-electron chi connectivity index (χ4n) is 5.35. The first-order valence-electron chi connectivity index (χ1n) is 12.2.